The lowest BCUT2D eigenvalue weighted by molar-refractivity contribution is -0.411. The molecule has 0 aliphatic rings. The van der Waals surface area contributed by atoms with E-state index >= 15 is 0 Å². The van der Waals surface area contributed by atoms with E-state index in [9.17, 15) is 35.5 Å². The molecule has 0 aliphatic heterocycles. The molecule has 0 spiro atoms. The molecule has 0 saturated heterocycles. The highest BCUT2D eigenvalue weighted by atomic mass is 19.4. The van der Waals surface area contributed by atoms with Gasteiger partial charge in [0.05, 0.1) is 0 Å². The van der Waals surface area contributed by atoms with Gasteiger partial charge >= 0.3 is 24.2 Å². The quantitative estimate of drug-likeness (QED) is 0.437. The number of carbonyl (C=O) groups excluding carboxylic acids is 1. The average molecular weight is 282 g/mol. The number of esters is 1. The van der Waals surface area contributed by atoms with E-state index in [0.29, 0.717) is 0 Å². The second-order valence-electron chi connectivity index (χ2n) is 3.33. The number of hydrogen-bond donors (Lipinski definition) is 0. The first-order valence-corrected chi connectivity index (χ1v) is 4.60. The van der Waals surface area contributed by atoms with Gasteiger partial charge in [-0.05, 0) is 6.42 Å². The molecule has 0 aromatic heterocycles. The third-order valence-electron chi connectivity index (χ3n) is 1.78. The maximum atomic E-state index is 12.6. The Hall–Kier alpha value is -1.28. The van der Waals surface area contributed by atoms with E-state index in [1.54, 1.807) is 0 Å². The molecule has 2 nitrogen and oxygen atoms in total. The minimum atomic E-state index is -6.54. The summed E-state index contributed by atoms with van der Waals surface area (Å²) in [5.41, 5.74) is -0.616. The van der Waals surface area contributed by atoms with Crippen LogP contribution in [-0.2, 0) is 9.53 Å². The molecule has 0 radical (unpaired) electrons. The van der Waals surface area contributed by atoms with Crippen molar-refractivity contribution in [2.24, 2.45) is 0 Å². The Morgan fingerprint density at radius 3 is 1.89 bits per heavy atom. The Labute approximate surface area is 97.4 Å². The van der Waals surface area contributed by atoms with Crippen molar-refractivity contribution in [3.8, 4) is 0 Å². The van der Waals surface area contributed by atoms with Gasteiger partial charge in [0.1, 0.15) is 0 Å². The third-order valence-corrected chi connectivity index (χ3v) is 1.78. The van der Waals surface area contributed by atoms with Gasteiger partial charge < -0.3 is 4.74 Å². The number of alkyl halides is 7. The van der Waals surface area contributed by atoms with Gasteiger partial charge in [0, 0.05) is 5.57 Å². The van der Waals surface area contributed by atoms with Gasteiger partial charge in [0.15, 0.2) is 0 Å². The van der Waals surface area contributed by atoms with Crippen LogP contribution in [0.15, 0.2) is 12.2 Å². The largest absolute Gasteiger partial charge is 0.476 e. The van der Waals surface area contributed by atoms with Crippen LogP contribution in [0.5, 0.6) is 0 Å². The van der Waals surface area contributed by atoms with E-state index in [4.69, 9.17) is 0 Å². The maximum Gasteiger partial charge on any atom is 0.476 e. The Bertz CT molecular complexity index is 332. The van der Waals surface area contributed by atoms with Gasteiger partial charge in [-0.2, -0.15) is 30.7 Å². The van der Waals surface area contributed by atoms with Crippen LogP contribution < -0.4 is 0 Å². The summed E-state index contributed by atoms with van der Waals surface area (Å²) in [7, 11) is 0. The zero-order chi connectivity index (χ0) is 14.8. The molecule has 0 fully saturated rings. The Kier molecular flexibility index (Phi) is 4.78. The summed E-state index contributed by atoms with van der Waals surface area (Å²) < 4.78 is 87.8. The van der Waals surface area contributed by atoms with Crippen LogP contribution in [0.25, 0.3) is 0 Å². The lowest BCUT2D eigenvalue weighted by Crippen LogP contribution is -2.54. The molecular formula is C9H9F7O2. The fourth-order valence-electron chi connectivity index (χ4n) is 0.822. The normalized spacial score (nSPS) is 13.3. The van der Waals surface area contributed by atoms with Crippen LogP contribution in [0.3, 0.4) is 0 Å². The standard InChI is InChI=1S/C9H9F7O2/c1-3-4-5(2)6(17)18-9(15,16)7(10,11)8(12,13)14/h2-4H2,1H3. The van der Waals surface area contributed by atoms with E-state index in [2.05, 4.69) is 11.3 Å². The second-order valence-corrected chi connectivity index (χ2v) is 3.33. The summed E-state index contributed by atoms with van der Waals surface area (Å²) in [5.74, 6) is -8.46. The second kappa shape index (κ2) is 5.15. The molecule has 106 valence electrons. The molecule has 18 heavy (non-hydrogen) atoms. The van der Waals surface area contributed by atoms with Crippen LogP contribution in [-0.4, -0.2) is 24.2 Å². The molecule has 0 aromatic rings. The van der Waals surface area contributed by atoms with Gasteiger partial charge in [-0.1, -0.05) is 19.9 Å². The number of hydrogen-bond acceptors (Lipinski definition) is 2. The van der Waals surface area contributed by atoms with Crippen molar-refractivity contribution in [1.82, 2.24) is 0 Å². The molecule has 0 heterocycles. The van der Waals surface area contributed by atoms with Gasteiger partial charge in [0.2, 0.25) is 0 Å². The van der Waals surface area contributed by atoms with Crippen molar-refractivity contribution in [2.75, 3.05) is 0 Å². The maximum absolute atomic E-state index is 12.6. The molecule has 0 unspecified atom stereocenters. The van der Waals surface area contributed by atoms with E-state index in [0.717, 1.165) is 0 Å². The van der Waals surface area contributed by atoms with Gasteiger partial charge in [-0.25, -0.2) is 4.79 Å². The Morgan fingerprint density at radius 2 is 1.56 bits per heavy atom. The summed E-state index contributed by atoms with van der Waals surface area (Å²) >= 11 is 0. The van der Waals surface area contributed by atoms with Gasteiger partial charge in [-0.15, -0.1) is 0 Å². The van der Waals surface area contributed by atoms with Crippen molar-refractivity contribution in [1.29, 1.82) is 0 Å². The summed E-state index contributed by atoms with van der Waals surface area (Å²) in [4.78, 5) is 10.8. The molecule has 0 N–H and O–H groups in total. The molecule has 9 heteroatoms. The van der Waals surface area contributed by atoms with Crippen LogP contribution in [0, 0.1) is 0 Å². The van der Waals surface area contributed by atoms with Crippen LogP contribution >= 0.6 is 0 Å². The minimum absolute atomic E-state index is 0.160. The lowest BCUT2D eigenvalue weighted by Gasteiger charge is -2.27. The smallest absolute Gasteiger partial charge is 0.392 e. The summed E-state index contributed by atoms with van der Waals surface area (Å²) in [6, 6.07) is 0. The highest BCUT2D eigenvalue weighted by Gasteiger charge is 2.76. The first-order valence-electron chi connectivity index (χ1n) is 4.60. The highest BCUT2D eigenvalue weighted by Crippen LogP contribution is 2.47. The predicted molar refractivity (Wildman–Crippen MR) is 46.1 cm³/mol. The van der Waals surface area contributed by atoms with E-state index < -0.39 is 29.7 Å². The molecule has 0 amide bonds. The van der Waals surface area contributed by atoms with Gasteiger partial charge in [-0.3, -0.25) is 0 Å². The number of rotatable bonds is 5. The number of carbonyl (C=O) groups is 1. The predicted octanol–water partition coefficient (Wildman–Crippen LogP) is 3.68. The topological polar surface area (TPSA) is 26.3 Å². The van der Waals surface area contributed by atoms with Crippen molar-refractivity contribution < 1.29 is 40.3 Å². The van der Waals surface area contributed by atoms with Crippen LogP contribution in [0.1, 0.15) is 19.8 Å². The fraction of sp³-hybridized carbons (Fsp3) is 0.667. The molecule has 0 bridgehead atoms. The monoisotopic (exact) mass is 282 g/mol. The van der Waals surface area contributed by atoms with Crippen LogP contribution in [0.2, 0.25) is 0 Å². The summed E-state index contributed by atoms with van der Waals surface area (Å²) in [6.07, 6.45) is -12.4. The van der Waals surface area contributed by atoms with Crippen molar-refractivity contribution in [3.05, 3.63) is 12.2 Å². The zero-order valence-corrected chi connectivity index (χ0v) is 9.08. The molecule has 0 saturated carbocycles. The average Bonchev–Trinajstić information content (AvgIpc) is 2.15. The molecule has 0 atom stereocenters. The fourth-order valence-corrected chi connectivity index (χ4v) is 0.822. The van der Waals surface area contributed by atoms with Gasteiger partial charge in [0.25, 0.3) is 0 Å². The first-order chi connectivity index (χ1) is 7.87. The minimum Gasteiger partial charge on any atom is -0.392 e. The summed E-state index contributed by atoms with van der Waals surface area (Å²) in [6.45, 7) is 4.45. The Balaban J connectivity index is 4.97. The van der Waals surface area contributed by atoms with Crippen molar-refractivity contribution in [2.45, 2.75) is 38.0 Å². The van der Waals surface area contributed by atoms with Crippen molar-refractivity contribution in [3.63, 3.8) is 0 Å². The SMILES string of the molecule is C=C(CCC)C(=O)OC(F)(F)C(F)(F)C(F)(F)F. The first kappa shape index (κ1) is 16.7. The van der Waals surface area contributed by atoms with Crippen molar-refractivity contribution >= 4 is 5.97 Å². The van der Waals surface area contributed by atoms with E-state index in [1.165, 1.54) is 6.92 Å². The molecular weight excluding hydrogens is 273 g/mol. The highest BCUT2D eigenvalue weighted by molar-refractivity contribution is 5.87. The van der Waals surface area contributed by atoms with Crippen LogP contribution in [0.4, 0.5) is 30.7 Å². The third kappa shape index (κ3) is 3.36. The van der Waals surface area contributed by atoms with E-state index in [-0.39, 0.29) is 12.8 Å². The molecule has 0 aliphatic carbocycles. The number of halogens is 7. The molecule has 0 aromatic carbocycles. The zero-order valence-electron chi connectivity index (χ0n) is 9.08. The van der Waals surface area contributed by atoms with E-state index in [1.807, 2.05) is 0 Å². The molecule has 0 rings (SSSR count). The lowest BCUT2D eigenvalue weighted by atomic mass is 10.2. The number of ether oxygens (including phenoxy) is 1. The Morgan fingerprint density at radius 1 is 1.11 bits per heavy atom. The summed E-state index contributed by atoms with van der Waals surface area (Å²) in [5, 5.41) is 0.